The summed E-state index contributed by atoms with van der Waals surface area (Å²) in [5.74, 6) is 0.304. The maximum atomic E-state index is 13.1. The van der Waals surface area contributed by atoms with Crippen molar-refractivity contribution in [2.75, 3.05) is 5.32 Å². The van der Waals surface area contributed by atoms with E-state index in [1.54, 1.807) is 6.07 Å². The second-order valence-electron chi connectivity index (χ2n) is 7.83. The Labute approximate surface area is 194 Å². The fourth-order valence-electron chi connectivity index (χ4n) is 4.18. The Bertz CT molecular complexity index is 1690. The van der Waals surface area contributed by atoms with Gasteiger partial charge in [-0.3, -0.25) is 4.79 Å². The zero-order chi connectivity index (χ0) is 22.4. The smallest absolute Gasteiger partial charge is 0.256 e. The van der Waals surface area contributed by atoms with Gasteiger partial charge >= 0.3 is 0 Å². The summed E-state index contributed by atoms with van der Waals surface area (Å²) in [4.78, 5) is 17.8. The summed E-state index contributed by atoms with van der Waals surface area (Å²) >= 11 is 6.30. The van der Waals surface area contributed by atoms with Gasteiger partial charge in [0.25, 0.3) is 5.91 Å². The second-order valence-corrected chi connectivity index (χ2v) is 8.24. The van der Waals surface area contributed by atoms with Crippen molar-refractivity contribution in [3.63, 3.8) is 0 Å². The minimum absolute atomic E-state index is 0.205. The molecular weight excluding hydrogens is 432 g/mol. The summed E-state index contributed by atoms with van der Waals surface area (Å²) in [6, 6.07) is 30.7. The van der Waals surface area contributed by atoms with Crippen LogP contribution in [-0.4, -0.2) is 10.9 Å². The number of carbonyl (C=O) groups is 1. The van der Waals surface area contributed by atoms with E-state index in [1.165, 1.54) is 0 Å². The largest absolute Gasteiger partial charge is 0.436 e. The number of aromatic nitrogens is 1. The predicted molar refractivity (Wildman–Crippen MR) is 134 cm³/mol. The van der Waals surface area contributed by atoms with Gasteiger partial charge in [-0.05, 0) is 47.2 Å². The number of oxazole rings is 1. The van der Waals surface area contributed by atoms with E-state index in [9.17, 15) is 4.79 Å². The molecule has 6 aromatic rings. The average molecular weight is 449 g/mol. The summed E-state index contributed by atoms with van der Waals surface area (Å²) in [6.45, 7) is 0. The highest BCUT2D eigenvalue weighted by Crippen LogP contribution is 2.31. The lowest BCUT2D eigenvalue weighted by atomic mass is 10.0. The van der Waals surface area contributed by atoms with Gasteiger partial charge in [0.1, 0.15) is 5.52 Å². The van der Waals surface area contributed by atoms with Crippen LogP contribution in [0.1, 0.15) is 10.4 Å². The Balaban J connectivity index is 1.36. The van der Waals surface area contributed by atoms with Crippen molar-refractivity contribution in [1.82, 2.24) is 4.98 Å². The van der Waals surface area contributed by atoms with Crippen LogP contribution in [0.5, 0.6) is 0 Å². The highest BCUT2D eigenvalue weighted by molar-refractivity contribution is 6.36. The first-order valence-corrected chi connectivity index (χ1v) is 10.9. The third-order valence-corrected chi connectivity index (χ3v) is 6.09. The van der Waals surface area contributed by atoms with Crippen LogP contribution in [-0.2, 0) is 0 Å². The number of nitrogens with one attached hydrogen (secondary N) is 1. The van der Waals surface area contributed by atoms with Crippen LogP contribution in [0.2, 0.25) is 5.02 Å². The molecule has 1 heterocycles. The highest BCUT2D eigenvalue weighted by atomic mass is 35.5. The van der Waals surface area contributed by atoms with E-state index >= 15 is 0 Å². The summed E-state index contributed by atoms with van der Waals surface area (Å²) < 4.78 is 6.04. The first-order chi connectivity index (χ1) is 16.2. The van der Waals surface area contributed by atoms with Gasteiger partial charge < -0.3 is 9.73 Å². The SMILES string of the molecule is O=C(Nc1cccc(-c2nc3c(ccc4ccccc43)o2)c1)c1cccc2c(Cl)cccc12. The number of nitrogens with zero attached hydrogens (tertiary/aromatic N) is 1. The van der Waals surface area contributed by atoms with E-state index in [4.69, 9.17) is 21.0 Å². The van der Waals surface area contributed by atoms with E-state index in [1.807, 2.05) is 84.9 Å². The van der Waals surface area contributed by atoms with Crippen LogP contribution in [0.4, 0.5) is 5.69 Å². The molecule has 0 bridgehead atoms. The van der Waals surface area contributed by atoms with Gasteiger partial charge in [0.2, 0.25) is 5.89 Å². The zero-order valence-corrected chi connectivity index (χ0v) is 18.1. The van der Waals surface area contributed by atoms with Crippen molar-refractivity contribution in [1.29, 1.82) is 0 Å². The van der Waals surface area contributed by atoms with Crippen LogP contribution in [0, 0.1) is 0 Å². The topological polar surface area (TPSA) is 55.1 Å². The van der Waals surface area contributed by atoms with Crippen LogP contribution < -0.4 is 5.32 Å². The molecule has 0 spiro atoms. The number of fused-ring (bicyclic) bond motifs is 4. The van der Waals surface area contributed by atoms with Crippen molar-refractivity contribution < 1.29 is 9.21 Å². The van der Waals surface area contributed by atoms with E-state index in [2.05, 4.69) is 11.4 Å². The van der Waals surface area contributed by atoms with E-state index in [0.717, 1.165) is 38.2 Å². The normalized spacial score (nSPS) is 11.3. The molecule has 0 radical (unpaired) electrons. The molecule has 0 unspecified atom stereocenters. The van der Waals surface area contributed by atoms with E-state index < -0.39 is 0 Å². The third kappa shape index (κ3) is 3.41. The lowest BCUT2D eigenvalue weighted by Crippen LogP contribution is -2.12. The Morgan fingerprint density at radius 3 is 2.52 bits per heavy atom. The molecule has 33 heavy (non-hydrogen) atoms. The number of carbonyl (C=O) groups excluding carboxylic acids is 1. The van der Waals surface area contributed by atoms with Crippen LogP contribution >= 0.6 is 11.6 Å². The van der Waals surface area contributed by atoms with E-state index in [-0.39, 0.29) is 5.91 Å². The summed E-state index contributed by atoms with van der Waals surface area (Å²) in [6.07, 6.45) is 0. The van der Waals surface area contributed by atoms with Crippen LogP contribution in [0.3, 0.4) is 0 Å². The van der Waals surface area contributed by atoms with Gasteiger partial charge in [-0.2, -0.15) is 0 Å². The molecule has 0 atom stereocenters. The number of rotatable bonds is 3. The van der Waals surface area contributed by atoms with Crippen molar-refractivity contribution in [2.45, 2.75) is 0 Å². The quantitative estimate of drug-likeness (QED) is 0.301. The molecule has 1 N–H and O–H groups in total. The standard InChI is InChI=1S/C28H17ClN2O2/c29-24-13-5-10-21-22(24)11-4-12-23(21)27(32)30-19-8-3-7-18(16-19)28-31-26-20-9-2-1-6-17(20)14-15-25(26)33-28/h1-16H,(H,30,32). The molecule has 0 aliphatic rings. The Hall–Kier alpha value is -4.15. The van der Waals surface area contributed by atoms with Crippen molar-refractivity contribution >= 4 is 55.8 Å². The molecule has 1 aromatic heterocycles. The van der Waals surface area contributed by atoms with Gasteiger partial charge in [0.15, 0.2) is 5.58 Å². The molecular formula is C28H17ClN2O2. The predicted octanol–water partition coefficient (Wildman–Crippen LogP) is 7.71. The Kier molecular flexibility index (Phi) is 4.60. The van der Waals surface area contributed by atoms with Crippen molar-refractivity contribution in [3.8, 4) is 11.5 Å². The molecule has 1 amide bonds. The summed E-state index contributed by atoms with van der Waals surface area (Å²) in [5, 5.41) is 7.42. The molecule has 0 fully saturated rings. The fourth-order valence-corrected chi connectivity index (χ4v) is 4.42. The maximum absolute atomic E-state index is 13.1. The minimum Gasteiger partial charge on any atom is -0.436 e. The van der Waals surface area contributed by atoms with Gasteiger partial charge in [-0.1, -0.05) is 72.3 Å². The highest BCUT2D eigenvalue weighted by Gasteiger charge is 2.14. The number of benzene rings is 5. The van der Waals surface area contributed by atoms with Crippen LogP contribution in [0.25, 0.3) is 44.1 Å². The molecule has 6 rings (SSSR count). The fraction of sp³-hybridized carbons (Fsp3) is 0. The Morgan fingerprint density at radius 1 is 0.788 bits per heavy atom. The zero-order valence-electron chi connectivity index (χ0n) is 17.4. The Morgan fingerprint density at radius 2 is 1.58 bits per heavy atom. The number of halogens is 1. The summed E-state index contributed by atoms with van der Waals surface area (Å²) in [7, 11) is 0. The monoisotopic (exact) mass is 448 g/mol. The lowest BCUT2D eigenvalue weighted by Gasteiger charge is -2.09. The third-order valence-electron chi connectivity index (χ3n) is 5.76. The maximum Gasteiger partial charge on any atom is 0.256 e. The summed E-state index contributed by atoms with van der Waals surface area (Å²) in [5.41, 5.74) is 3.56. The molecule has 5 heteroatoms. The number of anilines is 1. The molecule has 4 nitrogen and oxygen atoms in total. The van der Waals surface area contributed by atoms with Gasteiger partial charge in [-0.15, -0.1) is 0 Å². The second kappa shape index (κ2) is 7.76. The molecule has 0 saturated carbocycles. The number of hydrogen-bond acceptors (Lipinski definition) is 3. The molecule has 0 saturated heterocycles. The molecule has 5 aromatic carbocycles. The minimum atomic E-state index is -0.205. The average Bonchev–Trinajstić information content (AvgIpc) is 3.29. The number of amides is 1. The first-order valence-electron chi connectivity index (χ1n) is 10.5. The molecule has 0 aliphatic carbocycles. The van der Waals surface area contributed by atoms with Gasteiger partial charge in [0.05, 0.1) is 0 Å². The van der Waals surface area contributed by atoms with Crippen LogP contribution in [0.15, 0.2) is 101 Å². The van der Waals surface area contributed by atoms with Crippen molar-refractivity contribution in [2.24, 2.45) is 0 Å². The molecule has 158 valence electrons. The number of hydrogen-bond donors (Lipinski definition) is 1. The van der Waals surface area contributed by atoms with Crippen molar-refractivity contribution in [3.05, 3.63) is 108 Å². The van der Waals surface area contributed by atoms with E-state index in [0.29, 0.717) is 22.2 Å². The molecule has 0 aliphatic heterocycles. The lowest BCUT2D eigenvalue weighted by molar-refractivity contribution is 0.102. The first kappa shape index (κ1) is 19.5. The van der Waals surface area contributed by atoms with Gasteiger partial charge in [0, 0.05) is 32.6 Å². The van der Waals surface area contributed by atoms with Gasteiger partial charge in [-0.25, -0.2) is 4.98 Å².